The summed E-state index contributed by atoms with van der Waals surface area (Å²) in [6.45, 7) is 3.72. The SMILES string of the molecule is COCC1(CNC(=O)c2ccc(CC3CCCNC3)cc2)CCCC1. The molecule has 0 spiro atoms. The molecule has 1 aromatic carbocycles. The highest BCUT2D eigenvalue weighted by Gasteiger charge is 2.34. The molecule has 1 amide bonds. The van der Waals surface area contributed by atoms with Gasteiger partial charge in [-0.3, -0.25) is 4.79 Å². The predicted octanol–water partition coefficient (Wildman–Crippen LogP) is 3.17. The molecular formula is C21H32N2O2. The maximum absolute atomic E-state index is 12.5. The van der Waals surface area contributed by atoms with Crippen LogP contribution in [0.5, 0.6) is 0 Å². The number of benzene rings is 1. The van der Waals surface area contributed by atoms with Crippen LogP contribution in [0.2, 0.25) is 0 Å². The van der Waals surface area contributed by atoms with Gasteiger partial charge in [-0.15, -0.1) is 0 Å². The van der Waals surface area contributed by atoms with Gasteiger partial charge >= 0.3 is 0 Å². The van der Waals surface area contributed by atoms with Gasteiger partial charge in [-0.05, 0) is 68.8 Å². The summed E-state index contributed by atoms with van der Waals surface area (Å²) in [5, 5.41) is 6.61. The number of piperidine rings is 1. The molecule has 1 heterocycles. The Morgan fingerprint density at radius 3 is 2.64 bits per heavy atom. The van der Waals surface area contributed by atoms with Crippen molar-refractivity contribution in [2.45, 2.75) is 44.9 Å². The summed E-state index contributed by atoms with van der Waals surface area (Å²) in [6, 6.07) is 8.17. The van der Waals surface area contributed by atoms with E-state index in [1.54, 1.807) is 7.11 Å². The summed E-state index contributed by atoms with van der Waals surface area (Å²) < 4.78 is 5.40. The Hall–Kier alpha value is -1.39. The number of hydrogen-bond acceptors (Lipinski definition) is 3. The number of rotatable bonds is 7. The lowest BCUT2D eigenvalue weighted by atomic mass is 9.87. The average molecular weight is 344 g/mol. The molecule has 1 saturated heterocycles. The summed E-state index contributed by atoms with van der Waals surface area (Å²) in [5.74, 6) is 0.762. The van der Waals surface area contributed by atoms with Gasteiger partial charge in [0.2, 0.25) is 0 Å². The van der Waals surface area contributed by atoms with E-state index in [9.17, 15) is 4.79 Å². The first-order chi connectivity index (χ1) is 12.2. The first kappa shape index (κ1) is 18.4. The minimum Gasteiger partial charge on any atom is -0.384 e. The van der Waals surface area contributed by atoms with Gasteiger partial charge in [-0.25, -0.2) is 0 Å². The van der Waals surface area contributed by atoms with Crippen LogP contribution in [0.1, 0.15) is 54.4 Å². The van der Waals surface area contributed by atoms with Crippen molar-refractivity contribution in [3.8, 4) is 0 Å². The molecule has 1 saturated carbocycles. The van der Waals surface area contributed by atoms with Gasteiger partial charge in [-0.1, -0.05) is 25.0 Å². The topological polar surface area (TPSA) is 50.4 Å². The van der Waals surface area contributed by atoms with Crippen molar-refractivity contribution in [3.05, 3.63) is 35.4 Å². The second-order valence-electron chi connectivity index (χ2n) is 7.94. The van der Waals surface area contributed by atoms with Crippen molar-refractivity contribution in [1.82, 2.24) is 10.6 Å². The van der Waals surface area contributed by atoms with Gasteiger partial charge in [0, 0.05) is 24.6 Å². The fourth-order valence-electron chi connectivity index (χ4n) is 4.40. The largest absolute Gasteiger partial charge is 0.384 e. The first-order valence-electron chi connectivity index (χ1n) is 9.78. The summed E-state index contributed by atoms with van der Waals surface area (Å²) >= 11 is 0. The molecule has 0 aromatic heterocycles. The highest BCUT2D eigenvalue weighted by atomic mass is 16.5. The molecular weight excluding hydrogens is 312 g/mol. The van der Waals surface area contributed by atoms with Crippen molar-refractivity contribution in [2.24, 2.45) is 11.3 Å². The van der Waals surface area contributed by atoms with Crippen molar-refractivity contribution in [1.29, 1.82) is 0 Å². The summed E-state index contributed by atoms with van der Waals surface area (Å²) in [6.07, 6.45) is 8.45. The van der Waals surface area contributed by atoms with Gasteiger partial charge in [0.25, 0.3) is 5.91 Å². The Morgan fingerprint density at radius 1 is 1.24 bits per heavy atom. The van der Waals surface area contributed by atoms with E-state index in [0.717, 1.165) is 57.0 Å². The first-order valence-corrected chi connectivity index (χ1v) is 9.78. The van der Waals surface area contributed by atoms with Crippen LogP contribution in [-0.4, -0.2) is 39.3 Å². The lowest BCUT2D eigenvalue weighted by Crippen LogP contribution is -2.38. The molecule has 1 unspecified atom stereocenters. The van der Waals surface area contributed by atoms with Crippen LogP contribution in [0.3, 0.4) is 0 Å². The molecule has 2 aliphatic rings. The van der Waals surface area contributed by atoms with E-state index >= 15 is 0 Å². The van der Waals surface area contributed by atoms with E-state index < -0.39 is 0 Å². The highest BCUT2D eigenvalue weighted by Crippen LogP contribution is 2.37. The molecule has 1 aromatic rings. The van der Waals surface area contributed by atoms with Crippen LogP contribution in [0.25, 0.3) is 0 Å². The molecule has 138 valence electrons. The van der Waals surface area contributed by atoms with E-state index in [-0.39, 0.29) is 11.3 Å². The Bertz CT molecular complexity index is 544. The second kappa shape index (κ2) is 8.81. The van der Waals surface area contributed by atoms with Gasteiger partial charge in [-0.2, -0.15) is 0 Å². The molecule has 2 fully saturated rings. The molecule has 3 rings (SSSR count). The van der Waals surface area contributed by atoms with Gasteiger partial charge < -0.3 is 15.4 Å². The van der Waals surface area contributed by atoms with E-state index in [2.05, 4.69) is 22.8 Å². The molecule has 25 heavy (non-hydrogen) atoms. The molecule has 0 bridgehead atoms. The van der Waals surface area contributed by atoms with Crippen LogP contribution in [0.15, 0.2) is 24.3 Å². The Labute approximate surface area is 151 Å². The standard InChI is InChI=1S/C21H32N2O2/c1-25-16-21(10-2-3-11-21)15-23-20(24)19-8-6-17(7-9-19)13-18-5-4-12-22-14-18/h6-9,18,22H,2-5,10-16H2,1H3,(H,23,24). The maximum Gasteiger partial charge on any atom is 0.251 e. The molecule has 1 aliphatic carbocycles. The normalized spacial score (nSPS) is 22.7. The van der Waals surface area contributed by atoms with Crippen molar-refractivity contribution in [3.63, 3.8) is 0 Å². The number of carbonyl (C=O) groups is 1. The highest BCUT2D eigenvalue weighted by molar-refractivity contribution is 5.94. The second-order valence-corrected chi connectivity index (χ2v) is 7.94. The Balaban J connectivity index is 1.51. The summed E-state index contributed by atoms with van der Waals surface area (Å²) in [4.78, 5) is 12.5. The zero-order chi connectivity index (χ0) is 17.5. The number of hydrogen-bond donors (Lipinski definition) is 2. The molecule has 4 nitrogen and oxygen atoms in total. The lowest BCUT2D eigenvalue weighted by Gasteiger charge is -2.28. The third-order valence-corrected chi connectivity index (χ3v) is 5.88. The van der Waals surface area contributed by atoms with E-state index in [4.69, 9.17) is 4.74 Å². The van der Waals surface area contributed by atoms with Crippen LogP contribution >= 0.6 is 0 Å². The Morgan fingerprint density at radius 2 is 2.00 bits per heavy atom. The molecule has 1 aliphatic heterocycles. The predicted molar refractivity (Wildman–Crippen MR) is 101 cm³/mol. The van der Waals surface area contributed by atoms with E-state index in [0.29, 0.717) is 0 Å². The summed E-state index contributed by atoms with van der Waals surface area (Å²) in [5.41, 5.74) is 2.23. The molecule has 4 heteroatoms. The number of carbonyl (C=O) groups excluding carboxylic acids is 1. The minimum atomic E-state index is 0.0354. The Kier molecular flexibility index (Phi) is 6.49. The van der Waals surface area contributed by atoms with Gasteiger partial charge in [0.15, 0.2) is 0 Å². The van der Waals surface area contributed by atoms with Crippen LogP contribution in [0.4, 0.5) is 0 Å². The maximum atomic E-state index is 12.5. The monoisotopic (exact) mass is 344 g/mol. The van der Waals surface area contributed by atoms with Gasteiger partial charge in [0.05, 0.1) is 6.61 Å². The number of amides is 1. The fraction of sp³-hybridized carbons (Fsp3) is 0.667. The lowest BCUT2D eigenvalue weighted by molar-refractivity contribution is 0.0740. The van der Waals surface area contributed by atoms with E-state index in [1.165, 1.54) is 31.2 Å². The molecule has 1 atom stereocenters. The fourth-order valence-corrected chi connectivity index (χ4v) is 4.40. The minimum absolute atomic E-state index is 0.0354. The zero-order valence-corrected chi connectivity index (χ0v) is 15.5. The quantitative estimate of drug-likeness (QED) is 0.799. The van der Waals surface area contributed by atoms with Crippen molar-refractivity contribution >= 4 is 5.91 Å². The summed E-state index contributed by atoms with van der Waals surface area (Å²) in [7, 11) is 1.75. The van der Waals surface area contributed by atoms with Crippen LogP contribution in [-0.2, 0) is 11.2 Å². The molecule has 2 N–H and O–H groups in total. The number of nitrogens with one attached hydrogen (secondary N) is 2. The third kappa shape index (κ3) is 5.05. The number of methoxy groups -OCH3 is 1. The molecule has 0 radical (unpaired) electrons. The average Bonchev–Trinajstić information content (AvgIpc) is 3.10. The zero-order valence-electron chi connectivity index (χ0n) is 15.5. The van der Waals surface area contributed by atoms with Crippen molar-refractivity contribution in [2.75, 3.05) is 33.4 Å². The smallest absolute Gasteiger partial charge is 0.251 e. The van der Waals surface area contributed by atoms with Crippen LogP contribution < -0.4 is 10.6 Å². The van der Waals surface area contributed by atoms with Crippen LogP contribution in [0, 0.1) is 11.3 Å². The van der Waals surface area contributed by atoms with E-state index in [1.807, 2.05) is 12.1 Å². The third-order valence-electron chi connectivity index (χ3n) is 5.88. The van der Waals surface area contributed by atoms with Crippen molar-refractivity contribution < 1.29 is 9.53 Å². The van der Waals surface area contributed by atoms with Gasteiger partial charge in [0.1, 0.15) is 0 Å². The number of ether oxygens (including phenoxy) is 1.